The third-order valence-corrected chi connectivity index (χ3v) is 4.16. The van der Waals surface area contributed by atoms with Crippen molar-refractivity contribution in [2.45, 2.75) is 33.7 Å². The molecule has 1 atom stereocenters. The van der Waals surface area contributed by atoms with Crippen molar-refractivity contribution in [3.05, 3.63) is 59.7 Å². The highest BCUT2D eigenvalue weighted by Crippen LogP contribution is 2.33. The monoisotopic (exact) mass is 322 g/mol. The van der Waals surface area contributed by atoms with Gasteiger partial charge in [0.1, 0.15) is 5.65 Å². The highest BCUT2D eigenvalue weighted by Gasteiger charge is 2.30. The zero-order valence-electron chi connectivity index (χ0n) is 14.4. The Morgan fingerprint density at radius 2 is 1.88 bits per heavy atom. The highest BCUT2D eigenvalue weighted by atomic mass is 16.1. The fourth-order valence-corrected chi connectivity index (χ4v) is 2.85. The second kappa shape index (κ2) is 6.07. The van der Waals surface area contributed by atoms with Gasteiger partial charge in [-0.2, -0.15) is 0 Å². The molecule has 0 fully saturated rings. The third-order valence-electron chi connectivity index (χ3n) is 4.16. The number of aromatic nitrogens is 3. The van der Waals surface area contributed by atoms with Gasteiger partial charge < -0.3 is 10.3 Å². The van der Waals surface area contributed by atoms with Gasteiger partial charge in [0.2, 0.25) is 0 Å². The molecule has 0 saturated heterocycles. The van der Waals surface area contributed by atoms with Crippen LogP contribution in [0.5, 0.6) is 0 Å². The van der Waals surface area contributed by atoms with Gasteiger partial charge in [0.15, 0.2) is 0 Å². The standard InChI is InChI=1S/C19H22N4O/c1-12-7-5-9-20-15(12)16(19(2,3)4)23-18(24)14-11-22-17-13(14)8-6-10-21-17/h5-11,16H,1-4H3,(H,21,22)(H,23,24). The van der Waals surface area contributed by atoms with E-state index in [1.54, 1.807) is 18.6 Å². The number of amides is 1. The summed E-state index contributed by atoms with van der Waals surface area (Å²) in [6, 6.07) is 7.46. The lowest BCUT2D eigenvalue weighted by atomic mass is 9.83. The van der Waals surface area contributed by atoms with Crippen LogP contribution in [0.2, 0.25) is 0 Å². The van der Waals surface area contributed by atoms with Gasteiger partial charge in [-0.25, -0.2) is 4.98 Å². The quantitative estimate of drug-likeness (QED) is 0.771. The molecule has 2 N–H and O–H groups in total. The molecule has 124 valence electrons. The predicted octanol–water partition coefficient (Wildman–Crippen LogP) is 3.78. The van der Waals surface area contributed by atoms with E-state index in [9.17, 15) is 4.79 Å². The van der Waals surface area contributed by atoms with E-state index in [2.05, 4.69) is 41.0 Å². The molecule has 3 aromatic heterocycles. The summed E-state index contributed by atoms with van der Waals surface area (Å²) < 4.78 is 0. The Kier molecular flexibility index (Phi) is 4.09. The fraction of sp³-hybridized carbons (Fsp3) is 0.316. The minimum atomic E-state index is -0.187. The SMILES string of the molecule is Cc1cccnc1C(NC(=O)c1c[nH]c2ncccc12)C(C)(C)C. The molecule has 5 nitrogen and oxygen atoms in total. The average molecular weight is 322 g/mol. The number of nitrogens with zero attached hydrogens (tertiary/aromatic N) is 2. The van der Waals surface area contributed by atoms with E-state index in [0.717, 1.165) is 16.6 Å². The molecule has 0 radical (unpaired) electrons. The first kappa shape index (κ1) is 16.2. The molecule has 3 aromatic rings. The molecule has 3 rings (SSSR count). The van der Waals surface area contributed by atoms with Crippen molar-refractivity contribution in [1.82, 2.24) is 20.3 Å². The number of aromatic amines is 1. The number of carbonyl (C=O) groups is 1. The third kappa shape index (κ3) is 3.02. The van der Waals surface area contributed by atoms with Gasteiger partial charge in [0, 0.05) is 24.0 Å². The van der Waals surface area contributed by atoms with Gasteiger partial charge in [-0.3, -0.25) is 9.78 Å². The maximum Gasteiger partial charge on any atom is 0.254 e. The molecule has 24 heavy (non-hydrogen) atoms. The first-order valence-corrected chi connectivity index (χ1v) is 8.02. The lowest BCUT2D eigenvalue weighted by Gasteiger charge is -2.32. The Hall–Kier alpha value is -2.69. The highest BCUT2D eigenvalue weighted by molar-refractivity contribution is 6.06. The second-order valence-electron chi connectivity index (χ2n) is 7.08. The zero-order chi connectivity index (χ0) is 17.3. The molecule has 0 aliphatic carbocycles. The van der Waals surface area contributed by atoms with Gasteiger partial charge in [0.05, 0.1) is 17.3 Å². The summed E-state index contributed by atoms with van der Waals surface area (Å²) in [5.74, 6) is -0.126. The van der Waals surface area contributed by atoms with Gasteiger partial charge in [-0.05, 0) is 36.1 Å². The van der Waals surface area contributed by atoms with E-state index in [1.807, 2.05) is 31.2 Å². The maximum atomic E-state index is 12.9. The molecule has 0 spiro atoms. The molecule has 0 aliphatic rings. The largest absolute Gasteiger partial charge is 0.345 e. The molecule has 1 amide bonds. The fourth-order valence-electron chi connectivity index (χ4n) is 2.85. The Bertz CT molecular complexity index is 876. The number of aryl methyl sites for hydroxylation is 1. The topological polar surface area (TPSA) is 70.7 Å². The van der Waals surface area contributed by atoms with Crippen LogP contribution < -0.4 is 5.32 Å². The zero-order valence-corrected chi connectivity index (χ0v) is 14.4. The summed E-state index contributed by atoms with van der Waals surface area (Å²) in [5, 5.41) is 3.98. The molecule has 0 aromatic carbocycles. The van der Waals surface area contributed by atoms with Crippen molar-refractivity contribution in [3.8, 4) is 0 Å². The van der Waals surface area contributed by atoms with Gasteiger partial charge >= 0.3 is 0 Å². The van der Waals surface area contributed by atoms with E-state index in [4.69, 9.17) is 0 Å². The van der Waals surface area contributed by atoms with Crippen LogP contribution in [0.1, 0.15) is 48.4 Å². The maximum absolute atomic E-state index is 12.9. The van der Waals surface area contributed by atoms with E-state index in [0.29, 0.717) is 11.2 Å². The van der Waals surface area contributed by atoms with Gasteiger partial charge in [-0.15, -0.1) is 0 Å². The molecule has 0 aliphatic heterocycles. The first-order valence-electron chi connectivity index (χ1n) is 8.02. The number of rotatable bonds is 3. The number of H-pyrrole nitrogens is 1. The number of carbonyl (C=O) groups excluding carboxylic acids is 1. The van der Waals surface area contributed by atoms with Crippen molar-refractivity contribution >= 4 is 16.9 Å². The predicted molar refractivity (Wildman–Crippen MR) is 94.7 cm³/mol. The smallest absolute Gasteiger partial charge is 0.254 e. The van der Waals surface area contributed by atoms with Gasteiger partial charge in [-0.1, -0.05) is 26.8 Å². The second-order valence-corrected chi connectivity index (χ2v) is 7.08. The van der Waals surface area contributed by atoms with E-state index in [1.165, 1.54) is 0 Å². The molecular weight excluding hydrogens is 300 g/mol. The minimum Gasteiger partial charge on any atom is -0.345 e. The number of nitrogens with one attached hydrogen (secondary N) is 2. The molecule has 0 bridgehead atoms. The van der Waals surface area contributed by atoms with Crippen LogP contribution in [0.25, 0.3) is 11.0 Å². The summed E-state index contributed by atoms with van der Waals surface area (Å²) in [6.45, 7) is 8.32. The van der Waals surface area contributed by atoms with Crippen LogP contribution in [0, 0.1) is 12.3 Å². The van der Waals surface area contributed by atoms with Crippen LogP contribution >= 0.6 is 0 Å². The Balaban J connectivity index is 1.96. The number of pyridine rings is 2. The van der Waals surface area contributed by atoms with Gasteiger partial charge in [0.25, 0.3) is 5.91 Å². The van der Waals surface area contributed by atoms with E-state index < -0.39 is 0 Å². The summed E-state index contributed by atoms with van der Waals surface area (Å²) in [4.78, 5) is 24.7. The molecule has 3 heterocycles. The normalized spacial score (nSPS) is 13.0. The summed E-state index contributed by atoms with van der Waals surface area (Å²) in [6.07, 6.45) is 5.18. The van der Waals surface area contributed by atoms with E-state index >= 15 is 0 Å². The number of hydrogen-bond acceptors (Lipinski definition) is 3. The van der Waals surface area contributed by atoms with Crippen molar-refractivity contribution in [1.29, 1.82) is 0 Å². The molecule has 5 heteroatoms. The minimum absolute atomic E-state index is 0.126. The molecular formula is C19H22N4O. The van der Waals surface area contributed by atoms with Crippen molar-refractivity contribution in [2.75, 3.05) is 0 Å². The van der Waals surface area contributed by atoms with E-state index in [-0.39, 0.29) is 17.4 Å². The lowest BCUT2D eigenvalue weighted by molar-refractivity contribution is 0.0901. The number of fused-ring (bicyclic) bond motifs is 1. The van der Waals surface area contributed by atoms with Crippen molar-refractivity contribution in [2.24, 2.45) is 5.41 Å². The van der Waals surface area contributed by atoms with Crippen LogP contribution in [0.4, 0.5) is 0 Å². The van der Waals surface area contributed by atoms with Crippen molar-refractivity contribution < 1.29 is 4.79 Å². The summed E-state index contributed by atoms with van der Waals surface area (Å²) in [5.41, 5.74) is 3.11. The Morgan fingerprint density at radius 1 is 1.17 bits per heavy atom. The summed E-state index contributed by atoms with van der Waals surface area (Å²) in [7, 11) is 0. The Morgan fingerprint density at radius 3 is 2.58 bits per heavy atom. The van der Waals surface area contributed by atoms with Crippen LogP contribution in [-0.4, -0.2) is 20.9 Å². The lowest BCUT2D eigenvalue weighted by Crippen LogP contribution is -2.37. The van der Waals surface area contributed by atoms with Crippen LogP contribution in [0.15, 0.2) is 42.9 Å². The number of hydrogen-bond donors (Lipinski definition) is 2. The first-order chi connectivity index (χ1) is 11.4. The average Bonchev–Trinajstić information content (AvgIpc) is 2.96. The van der Waals surface area contributed by atoms with Crippen molar-refractivity contribution in [3.63, 3.8) is 0 Å². The molecule has 0 saturated carbocycles. The summed E-state index contributed by atoms with van der Waals surface area (Å²) >= 11 is 0. The van der Waals surface area contributed by atoms with Crippen LogP contribution in [0.3, 0.4) is 0 Å². The Labute approximate surface area is 141 Å². The molecule has 1 unspecified atom stereocenters. The van der Waals surface area contributed by atoms with Crippen LogP contribution in [-0.2, 0) is 0 Å².